The predicted octanol–water partition coefficient (Wildman–Crippen LogP) is 5.73. The number of hydrogen-bond donors (Lipinski definition) is 1. The van der Waals surface area contributed by atoms with Gasteiger partial charge in [0.15, 0.2) is 11.6 Å². The van der Waals surface area contributed by atoms with Gasteiger partial charge in [-0.3, -0.25) is 0 Å². The van der Waals surface area contributed by atoms with Crippen LogP contribution in [0.4, 0.5) is 8.78 Å². The van der Waals surface area contributed by atoms with E-state index in [1.807, 2.05) is 19.1 Å². The van der Waals surface area contributed by atoms with E-state index in [1.165, 1.54) is 0 Å². The fourth-order valence-corrected chi connectivity index (χ4v) is 3.13. The van der Waals surface area contributed by atoms with Crippen molar-refractivity contribution >= 4 is 39.1 Å². The highest BCUT2D eigenvalue weighted by Crippen LogP contribution is 2.34. The van der Waals surface area contributed by atoms with Gasteiger partial charge in [-0.05, 0) is 41.9 Å². The lowest BCUT2D eigenvalue weighted by molar-refractivity contribution is 0.504. The van der Waals surface area contributed by atoms with Crippen LogP contribution in [0.15, 0.2) is 34.8 Å². The normalized spacial score (nSPS) is 12.5. The van der Waals surface area contributed by atoms with Gasteiger partial charge >= 0.3 is 0 Å². The monoisotopic (exact) mass is 393 g/mol. The van der Waals surface area contributed by atoms with E-state index in [0.29, 0.717) is 17.1 Å². The Kier molecular flexibility index (Phi) is 5.60. The van der Waals surface area contributed by atoms with Gasteiger partial charge in [-0.25, -0.2) is 8.78 Å². The molecule has 0 radical (unpaired) electrons. The van der Waals surface area contributed by atoms with E-state index in [2.05, 4.69) is 21.2 Å². The van der Waals surface area contributed by atoms with Crippen LogP contribution in [0.2, 0.25) is 10.0 Å². The lowest BCUT2D eigenvalue weighted by atomic mass is 9.98. The van der Waals surface area contributed by atoms with E-state index >= 15 is 0 Å². The van der Waals surface area contributed by atoms with Gasteiger partial charge in [0.25, 0.3) is 0 Å². The fraction of sp³-hybridized carbons (Fsp3) is 0.200. The molecule has 0 aliphatic rings. The number of rotatable bonds is 4. The smallest absolute Gasteiger partial charge is 0.160 e. The minimum atomic E-state index is -0.971. The highest BCUT2D eigenvalue weighted by molar-refractivity contribution is 9.10. The number of benzene rings is 2. The standard InChI is InChI=1S/C15H12BrCl2F2N/c1-2-21-15(9-4-3-8(16)5-11(9)17)10-6-13(19)14(20)7-12(10)18/h3-7,15,21H,2H2,1H3. The fourth-order valence-electron chi connectivity index (χ4n) is 2.09. The minimum Gasteiger partial charge on any atom is -0.306 e. The van der Waals surface area contributed by atoms with Crippen LogP contribution in [0, 0.1) is 11.6 Å². The molecular formula is C15H12BrCl2F2N. The number of nitrogens with one attached hydrogen (secondary N) is 1. The van der Waals surface area contributed by atoms with Gasteiger partial charge in [-0.2, -0.15) is 0 Å². The Morgan fingerprint density at radius 3 is 2.29 bits per heavy atom. The van der Waals surface area contributed by atoms with Gasteiger partial charge < -0.3 is 5.32 Å². The SMILES string of the molecule is CCNC(c1ccc(Br)cc1Cl)c1cc(F)c(F)cc1Cl. The molecule has 0 aliphatic heterocycles. The van der Waals surface area contributed by atoms with Gasteiger partial charge in [0.1, 0.15) is 0 Å². The van der Waals surface area contributed by atoms with Crippen molar-refractivity contribution in [2.24, 2.45) is 0 Å². The third-order valence-electron chi connectivity index (χ3n) is 3.03. The molecule has 21 heavy (non-hydrogen) atoms. The molecule has 1 unspecified atom stereocenters. The Morgan fingerprint density at radius 2 is 1.67 bits per heavy atom. The van der Waals surface area contributed by atoms with Crippen molar-refractivity contribution in [3.05, 3.63) is 67.6 Å². The molecule has 0 aliphatic carbocycles. The van der Waals surface area contributed by atoms with Crippen molar-refractivity contribution in [2.45, 2.75) is 13.0 Å². The van der Waals surface area contributed by atoms with Gasteiger partial charge in [0.2, 0.25) is 0 Å². The third-order valence-corrected chi connectivity index (χ3v) is 4.18. The molecule has 2 aromatic rings. The van der Waals surface area contributed by atoms with Gasteiger partial charge in [-0.15, -0.1) is 0 Å². The Balaban J connectivity index is 2.55. The highest BCUT2D eigenvalue weighted by Gasteiger charge is 2.21. The van der Waals surface area contributed by atoms with Crippen LogP contribution in [0.5, 0.6) is 0 Å². The molecule has 1 N–H and O–H groups in total. The molecule has 0 aromatic heterocycles. The second-order valence-corrected chi connectivity index (χ2v) is 6.17. The summed E-state index contributed by atoms with van der Waals surface area (Å²) in [5.41, 5.74) is 1.19. The molecule has 0 saturated heterocycles. The summed E-state index contributed by atoms with van der Waals surface area (Å²) in [6.45, 7) is 2.53. The number of halogens is 5. The largest absolute Gasteiger partial charge is 0.306 e. The van der Waals surface area contributed by atoms with Gasteiger partial charge in [0, 0.05) is 14.5 Å². The summed E-state index contributed by atoms with van der Waals surface area (Å²) in [5.74, 6) is -1.91. The number of hydrogen-bond acceptors (Lipinski definition) is 1. The molecule has 0 spiro atoms. The first-order valence-electron chi connectivity index (χ1n) is 6.26. The summed E-state index contributed by atoms with van der Waals surface area (Å²) < 4.78 is 27.6. The first kappa shape index (κ1) is 16.7. The van der Waals surface area contributed by atoms with Crippen molar-refractivity contribution in [3.63, 3.8) is 0 Å². The summed E-state index contributed by atoms with van der Waals surface area (Å²) in [5, 5.41) is 3.85. The van der Waals surface area contributed by atoms with Crippen molar-refractivity contribution in [1.82, 2.24) is 5.32 Å². The average Bonchev–Trinajstić information content (AvgIpc) is 2.41. The van der Waals surface area contributed by atoms with Crippen LogP contribution in [0.1, 0.15) is 24.1 Å². The molecule has 2 aromatic carbocycles. The van der Waals surface area contributed by atoms with Crippen molar-refractivity contribution in [3.8, 4) is 0 Å². The molecule has 0 bridgehead atoms. The van der Waals surface area contributed by atoms with Crippen LogP contribution < -0.4 is 5.32 Å². The zero-order valence-electron chi connectivity index (χ0n) is 11.1. The van der Waals surface area contributed by atoms with Crippen molar-refractivity contribution < 1.29 is 8.78 Å². The topological polar surface area (TPSA) is 12.0 Å². The predicted molar refractivity (Wildman–Crippen MR) is 86.0 cm³/mol. The Hall–Kier alpha value is -0.680. The Bertz CT molecular complexity index is 664. The molecular weight excluding hydrogens is 383 g/mol. The van der Waals surface area contributed by atoms with E-state index in [-0.39, 0.29) is 5.02 Å². The van der Waals surface area contributed by atoms with E-state index in [4.69, 9.17) is 23.2 Å². The zero-order chi connectivity index (χ0) is 15.6. The van der Waals surface area contributed by atoms with Crippen molar-refractivity contribution in [2.75, 3.05) is 6.54 Å². The lowest BCUT2D eigenvalue weighted by Gasteiger charge is -2.21. The molecule has 1 nitrogen and oxygen atoms in total. The van der Waals surface area contributed by atoms with Crippen LogP contribution in [-0.4, -0.2) is 6.54 Å². The van der Waals surface area contributed by atoms with E-state index < -0.39 is 17.7 Å². The minimum absolute atomic E-state index is 0.152. The maximum absolute atomic E-state index is 13.5. The first-order chi connectivity index (χ1) is 9.93. The van der Waals surface area contributed by atoms with Crippen LogP contribution in [-0.2, 0) is 0 Å². The highest BCUT2D eigenvalue weighted by atomic mass is 79.9. The second-order valence-electron chi connectivity index (χ2n) is 4.44. The first-order valence-corrected chi connectivity index (χ1v) is 7.81. The maximum atomic E-state index is 13.5. The maximum Gasteiger partial charge on any atom is 0.160 e. The van der Waals surface area contributed by atoms with Crippen LogP contribution >= 0.6 is 39.1 Å². The van der Waals surface area contributed by atoms with Gasteiger partial charge in [0.05, 0.1) is 6.04 Å². The molecule has 112 valence electrons. The lowest BCUT2D eigenvalue weighted by Crippen LogP contribution is -2.23. The molecule has 0 fully saturated rings. The zero-order valence-corrected chi connectivity index (χ0v) is 14.2. The third kappa shape index (κ3) is 3.75. The molecule has 6 heteroatoms. The Morgan fingerprint density at radius 1 is 1.05 bits per heavy atom. The van der Waals surface area contributed by atoms with Crippen molar-refractivity contribution in [1.29, 1.82) is 0 Å². The average molecular weight is 395 g/mol. The molecule has 2 rings (SSSR count). The molecule has 0 amide bonds. The van der Waals surface area contributed by atoms with E-state index in [9.17, 15) is 8.78 Å². The summed E-state index contributed by atoms with van der Waals surface area (Å²) in [4.78, 5) is 0. The summed E-state index contributed by atoms with van der Waals surface area (Å²) in [6.07, 6.45) is 0. The summed E-state index contributed by atoms with van der Waals surface area (Å²) in [6, 6.07) is 7.05. The molecule has 0 saturated carbocycles. The van der Waals surface area contributed by atoms with E-state index in [0.717, 1.165) is 22.2 Å². The summed E-state index contributed by atoms with van der Waals surface area (Å²) in [7, 11) is 0. The van der Waals surface area contributed by atoms with Crippen LogP contribution in [0.3, 0.4) is 0 Å². The van der Waals surface area contributed by atoms with Gasteiger partial charge in [-0.1, -0.05) is 52.1 Å². The molecule has 0 heterocycles. The Labute approximate surface area is 140 Å². The molecule has 1 atom stereocenters. The summed E-state index contributed by atoms with van der Waals surface area (Å²) >= 11 is 15.7. The van der Waals surface area contributed by atoms with Crippen LogP contribution in [0.25, 0.3) is 0 Å². The second kappa shape index (κ2) is 7.05. The quantitative estimate of drug-likeness (QED) is 0.652. The van der Waals surface area contributed by atoms with E-state index in [1.54, 1.807) is 6.07 Å².